The molecule has 0 nitrogen and oxygen atoms in total. The lowest BCUT2D eigenvalue weighted by Gasteiger charge is -2.31. The van der Waals surface area contributed by atoms with Gasteiger partial charge < -0.3 is 0 Å². The van der Waals surface area contributed by atoms with Crippen LogP contribution in [-0.4, -0.2) is 16.1 Å². The molecule has 0 unspecified atom stereocenters. The highest BCUT2D eigenvalue weighted by atomic mass is 28.3. The van der Waals surface area contributed by atoms with Crippen LogP contribution in [0.4, 0.5) is 0 Å². The van der Waals surface area contributed by atoms with Crippen molar-refractivity contribution in [3.63, 3.8) is 0 Å². The highest BCUT2D eigenvalue weighted by molar-refractivity contribution is 6.88. The van der Waals surface area contributed by atoms with Crippen molar-refractivity contribution in [1.29, 1.82) is 0 Å². The molecule has 0 saturated heterocycles. The van der Waals surface area contributed by atoms with Crippen molar-refractivity contribution in [3.05, 3.63) is 104 Å². The summed E-state index contributed by atoms with van der Waals surface area (Å²) in [5.41, 5.74) is 16.1. The van der Waals surface area contributed by atoms with Gasteiger partial charge in [-0.1, -0.05) is 169 Å². The second-order valence-corrected chi connectivity index (χ2v) is 29.0. The van der Waals surface area contributed by atoms with E-state index in [1.165, 1.54) is 11.1 Å². The second kappa shape index (κ2) is 15.2. The lowest BCUT2D eigenvalue weighted by atomic mass is 9.85. The van der Waals surface area contributed by atoms with E-state index >= 15 is 0 Å². The molecule has 0 aliphatic heterocycles. The zero-order valence-corrected chi connectivity index (χ0v) is 36.8. The minimum Gasteiger partial charge on any atom is -0.126 e. The molecule has 3 rings (SSSR count). The van der Waals surface area contributed by atoms with Gasteiger partial charge in [0.1, 0.15) is 16.1 Å². The predicted molar refractivity (Wildman–Crippen MR) is 233 cm³/mol. The zero-order chi connectivity index (χ0) is 39.5. The molecule has 0 heterocycles. The Morgan fingerprint density at radius 3 is 0.942 bits per heavy atom. The largest absolute Gasteiger partial charge is 0.138 e. The lowest BCUT2D eigenvalue weighted by molar-refractivity contribution is 0.590. The fourth-order valence-corrected chi connectivity index (χ4v) is 6.23. The third-order valence-electron chi connectivity index (χ3n) is 10.7. The van der Waals surface area contributed by atoms with Crippen molar-refractivity contribution in [2.24, 2.45) is 0 Å². The van der Waals surface area contributed by atoms with E-state index < -0.39 is 16.1 Å². The molecule has 0 saturated carbocycles. The standard InChI is InChI=1S/C50H58Si2/c1-19-37-33-42(24-22-40-26-28-46(48(6,7)8)36-44(40)30-32-52(17,18)50(12,13)14)38(20-2)34-41(37)23-21-39-25-27-45(47(3,4)5)35-43(39)29-31-51(15,16)49(9,10)11/h1-2,25-28,33-36H,3-18H3. The molecular weight excluding hydrogens is 657 g/mol. The van der Waals surface area contributed by atoms with Crippen LogP contribution in [0.5, 0.6) is 0 Å². The van der Waals surface area contributed by atoms with E-state index in [4.69, 9.17) is 12.8 Å². The van der Waals surface area contributed by atoms with Crippen molar-refractivity contribution in [3.8, 4) is 71.3 Å². The SMILES string of the molecule is C#Cc1cc(C#Cc2ccc(C(C)(C)C)cc2C#C[Si](C)(C)C(C)(C)C)c(C#C)cc1C#Cc1ccc(C(C)(C)C)cc1C#C[Si](C)(C)C(C)(C)C. The van der Waals surface area contributed by atoms with E-state index in [-0.39, 0.29) is 20.9 Å². The number of hydrogen-bond acceptors (Lipinski definition) is 0. The summed E-state index contributed by atoms with van der Waals surface area (Å²) in [6.45, 7) is 36.3. The van der Waals surface area contributed by atoms with Crippen molar-refractivity contribution in [2.45, 2.75) is 130 Å². The van der Waals surface area contributed by atoms with Crippen LogP contribution in [0.25, 0.3) is 0 Å². The van der Waals surface area contributed by atoms with Gasteiger partial charge in [0.15, 0.2) is 0 Å². The Bertz CT molecular complexity index is 2040. The van der Waals surface area contributed by atoms with Crippen LogP contribution >= 0.6 is 0 Å². The first-order valence-corrected chi connectivity index (χ1v) is 24.2. The maximum Gasteiger partial charge on any atom is 0.138 e. The van der Waals surface area contributed by atoms with Gasteiger partial charge in [-0.25, -0.2) is 0 Å². The van der Waals surface area contributed by atoms with Crippen LogP contribution in [-0.2, 0) is 10.8 Å². The Morgan fingerprint density at radius 1 is 0.385 bits per heavy atom. The van der Waals surface area contributed by atoms with Gasteiger partial charge in [0.05, 0.1) is 0 Å². The van der Waals surface area contributed by atoms with E-state index in [0.29, 0.717) is 22.3 Å². The molecule has 0 amide bonds. The Hall–Kier alpha value is -4.55. The molecule has 3 aromatic carbocycles. The van der Waals surface area contributed by atoms with Crippen LogP contribution in [0.3, 0.4) is 0 Å². The molecule has 0 aromatic heterocycles. The van der Waals surface area contributed by atoms with Gasteiger partial charge >= 0.3 is 0 Å². The summed E-state index contributed by atoms with van der Waals surface area (Å²) in [6.07, 6.45) is 12.1. The van der Waals surface area contributed by atoms with Gasteiger partial charge in [-0.05, 0) is 68.4 Å². The van der Waals surface area contributed by atoms with Crippen LogP contribution in [0.15, 0.2) is 48.5 Å². The maximum absolute atomic E-state index is 6.07. The van der Waals surface area contributed by atoms with Gasteiger partial charge in [0.2, 0.25) is 0 Å². The minimum absolute atomic E-state index is 0.0126. The monoisotopic (exact) mass is 714 g/mol. The third-order valence-corrected chi connectivity index (χ3v) is 19.7. The summed E-state index contributed by atoms with van der Waals surface area (Å²) in [6, 6.07) is 16.6. The highest BCUT2D eigenvalue weighted by Gasteiger charge is 2.34. The molecule has 0 atom stereocenters. The quantitative estimate of drug-likeness (QED) is 0.161. The van der Waals surface area contributed by atoms with Crippen molar-refractivity contribution in [1.82, 2.24) is 0 Å². The van der Waals surface area contributed by atoms with Gasteiger partial charge in [0, 0.05) is 44.5 Å². The molecule has 0 N–H and O–H groups in total. The highest BCUT2D eigenvalue weighted by Crippen LogP contribution is 2.36. The first-order chi connectivity index (χ1) is 23.7. The van der Waals surface area contributed by atoms with Gasteiger partial charge in [-0.2, -0.15) is 0 Å². The molecule has 0 radical (unpaired) electrons. The molecule has 0 fully saturated rings. The molecule has 0 aliphatic rings. The van der Waals surface area contributed by atoms with Crippen LogP contribution in [0.1, 0.15) is 139 Å². The van der Waals surface area contributed by atoms with Gasteiger partial charge in [-0.3, -0.25) is 0 Å². The summed E-state index contributed by atoms with van der Waals surface area (Å²) < 4.78 is 0. The smallest absolute Gasteiger partial charge is 0.126 e. The Labute approximate surface area is 320 Å². The molecular formula is C50H58Si2. The average molecular weight is 715 g/mol. The van der Waals surface area contributed by atoms with Crippen LogP contribution in [0, 0.1) is 71.3 Å². The van der Waals surface area contributed by atoms with E-state index in [2.05, 4.69) is 204 Å². The number of hydrogen-bond donors (Lipinski definition) is 0. The normalized spacial score (nSPS) is 12.0. The lowest BCUT2D eigenvalue weighted by Crippen LogP contribution is -2.35. The fourth-order valence-electron chi connectivity index (χ4n) is 4.58. The van der Waals surface area contributed by atoms with Crippen molar-refractivity contribution >= 4 is 16.1 Å². The Morgan fingerprint density at radius 2 is 0.673 bits per heavy atom. The second-order valence-electron chi connectivity index (χ2n) is 19.0. The number of rotatable bonds is 0. The topological polar surface area (TPSA) is 0 Å². The molecule has 0 bridgehead atoms. The number of benzene rings is 3. The van der Waals surface area contributed by atoms with Crippen LogP contribution in [0.2, 0.25) is 36.3 Å². The van der Waals surface area contributed by atoms with E-state index in [9.17, 15) is 0 Å². The molecule has 3 aromatic rings. The first-order valence-electron chi connectivity index (χ1n) is 18.2. The van der Waals surface area contributed by atoms with Crippen LogP contribution < -0.4 is 0 Å². The Balaban J connectivity index is 2.18. The predicted octanol–water partition coefficient (Wildman–Crippen LogP) is 11.8. The summed E-state index contributed by atoms with van der Waals surface area (Å²) >= 11 is 0. The molecule has 52 heavy (non-hydrogen) atoms. The Kier molecular flexibility index (Phi) is 12.2. The third kappa shape index (κ3) is 10.3. The first kappa shape index (κ1) is 41.9. The van der Waals surface area contributed by atoms with E-state index in [1.54, 1.807) is 0 Å². The molecule has 0 aliphatic carbocycles. The van der Waals surface area contributed by atoms with Crippen molar-refractivity contribution < 1.29 is 0 Å². The van der Waals surface area contributed by atoms with E-state index in [0.717, 1.165) is 22.3 Å². The summed E-state index contributed by atoms with van der Waals surface area (Å²) in [5, 5.41) is 0.308. The van der Waals surface area contributed by atoms with Crippen molar-refractivity contribution in [2.75, 3.05) is 0 Å². The van der Waals surface area contributed by atoms with Gasteiger partial charge in [-0.15, -0.1) is 23.9 Å². The zero-order valence-electron chi connectivity index (χ0n) is 34.8. The number of terminal acetylenes is 2. The van der Waals surface area contributed by atoms with E-state index in [1.807, 2.05) is 12.1 Å². The summed E-state index contributed by atoms with van der Waals surface area (Å²) in [4.78, 5) is 0. The molecule has 0 spiro atoms. The molecule has 2 heteroatoms. The average Bonchev–Trinajstić information content (AvgIpc) is 3.02. The minimum atomic E-state index is -1.84. The van der Waals surface area contributed by atoms with Gasteiger partial charge in [0.25, 0.3) is 0 Å². The fraction of sp³-hybridized carbons (Fsp3) is 0.400. The summed E-state index contributed by atoms with van der Waals surface area (Å²) in [5.74, 6) is 26.3. The maximum atomic E-state index is 6.07. The summed E-state index contributed by atoms with van der Waals surface area (Å²) in [7, 11) is -3.68. The molecule has 266 valence electrons.